The normalized spacial score (nSPS) is 51.3. The topological polar surface area (TPSA) is 477 Å². The van der Waals surface area contributed by atoms with Crippen LogP contribution in [0.3, 0.4) is 0 Å². The molecule has 29 heteroatoms. The van der Waals surface area contributed by atoms with E-state index in [-0.39, 0.29) is 54.0 Å². The van der Waals surface area contributed by atoms with E-state index in [0.717, 1.165) is 18.4 Å². The van der Waals surface area contributed by atoms with Crippen molar-refractivity contribution in [3.8, 4) is 0 Å². The van der Waals surface area contributed by atoms with Gasteiger partial charge in [-0.05, 0) is 106 Å². The van der Waals surface area contributed by atoms with Gasteiger partial charge >= 0.3 is 0 Å². The molecule has 0 radical (unpaired) electrons. The minimum Gasteiger partial charge on any atom is -0.394 e. The second-order valence-electron chi connectivity index (χ2n) is 29.0. The lowest BCUT2D eigenvalue weighted by atomic mass is 9.38. The quantitative estimate of drug-likeness (QED) is 0.0479. The summed E-state index contributed by atoms with van der Waals surface area (Å²) in [5, 5.41) is 205. The Labute approximate surface area is 523 Å². The van der Waals surface area contributed by atoms with Gasteiger partial charge in [0, 0.05) is 10.8 Å². The zero-order valence-electron chi connectivity index (χ0n) is 52.5. The molecule has 0 spiro atoms. The maximum absolute atomic E-state index is 12.8. The lowest BCUT2D eigenvalue weighted by Crippen LogP contribution is -2.65. The zero-order chi connectivity index (χ0) is 66.2. The molecule has 29 nitrogen and oxygen atoms in total. The summed E-state index contributed by atoms with van der Waals surface area (Å²) in [7, 11) is 0. The third-order valence-electron chi connectivity index (χ3n) is 23.1. The van der Waals surface area contributed by atoms with Crippen molar-refractivity contribution in [3.63, 3.8) is 0 Å². The molecular weight excluding hydrogens is 1200 g/mol. The van der Waals surface area contributed by atoms with E-state index in [1.165, 1.54) is 13.8 Å². The molecule has 0 aromatic heterocycles. The molecule has 0 bridgehead atoms. The highest BCUT2D eigenvalue weighted by molar-refractivity contribution is 5.32. The van der Waals surface area contributed by atoms with Crippen molar-refractivity contribution in [2.24, 2.45) is 45.3 Å². The van der Waals surface area contributed by atoms with Gasteiger partial charge < -0.3 is 144 Å². The van der Waals surface area contributed by atoms with E-state index in [2.05, 4.69) is 47.6 Å². The molecular formula is C61H104O29. The number of ether oxygens (including phenoxy) is 10. The highest BCUT2D eigenvalue weighted by Gasteiger charge is 2.70. The van der Waals surface area contributed by atoms with Gasteiger partial charge in [-0.25, -0.2) is 0 Å². The molecule has 522 valence electrons. The SMILES string of the molecule is C[C@H](CC[C@@H](O[C@@H]1O[C@H](CO[C@H]2O[C@H](CO)[C@@H](O)[C@H](O)[C@H]2O)[C@@H](O)[C@H](O)[C@H]1O[C@@H]1O[C@H](CO)[C@@H](O)[C@H](O)[C@H]1O)C(C)(C)O)C1CC[C@@]2(C)C3CC=C4C(CC[C@H](O[C@@H]5O[C@H](CCO[C@@H]6O[C@H](CO)[C@@H](O)[C@H](O)[C@H]6O)[C@@H](O)[C@H](O)[C@H]5O)C4(C)C)[C@]3(C)[C@H](O)C[C@]12C. The lowest BCUT2D eigenvalue weighted by molar-refractivity contribution is -0.380. The second-order valence-corrected chi connectivity index (χ2v) is 29.0. The first-order valence-electron chi connectivity index (χ1n) is 32.1. The third kappa shape index (κ3) is 13.3. The average molecular weight is 1300 g/mol. The fourth-order valence-electron chi connectivity index (χ4n) is 17.2. The van der Waals surface area contributed by atoms with Crippen molar-refractivity contribution >= 4 is 0 Å². The molecule has 5 heterocycles. The predicted molar refractivity (Wildman–Crippen MR) is 305 cm³/mol. The van der Waals surface area contributed by atoms with Crippen molar-refractivity contribution in [1.29, 1.82) is 0 Å². The Balaban J connectivity index is 0.874. The van der Waals surface area contributed by atoms with Crippen LogP contribution in [0.1, 0.15) is 113 Å². The van der Waals surface area contributed by atoms with E-state index in [1.54, 1.807) is 0 Å². The number of aliphatic hydroxyl groups excluding tert-OH is 18. The highest BCUT2D eigenvalue weighted by atomic mass is 16.8. The fourth-order valence-corrected chi connectivity index (χ4v) is 17.2. The molecule has 8 fully saturated rings. The Hall–Kier alpha value is -1.42. The van der Waals surface area contributed by atoms with Gasteiger partial charge in [0.2, 0.25) is 0 Å². The van der Waals surface area contributed by atoms with E-state index in [9.17, 15) is 97.0 Å². The van der Waals surface area contributed by atoms with Gasteiger partial charge in [0.25, 0.3) is 0 Å². The molecule has 19 N–H and O–H groups in total. The van der Waals surface area contributed by atoms with Gasteiger partial charge in [-0.1, -0.05) is 53.2 Å². The van der Waals surface area contributed by atoms with Gasteiger partial charge in [-0.3, -0.25) is 0 Å². The molecule has 3 saturated carbocycles. The van der Waals surface area contributed by atoms with Crippen LogP contribution in [0.4, 0.5) is 0 Å². The van der Waals surface area contributed by atoms with Gasteiger partial charge in [0.1, 0.15) is 116 Å². The number of fused-ring (bicyclic) bond motifs is 5. The van der Waals surface area contributed by atoms with Gasteiger partial charge in [0.05, 0.1) is 63.1 Å². The Morgan fingerprint density at radius 3 is 1.56 bits per heavy atom. The standard InChI is InChI=1S/C61H104O29/c1-24(9-13-36(58(4,5)80)89-56-51(90-55-50(79)45(74)40(69)31(22-64)86-55)46(75)41(70)32(87-56)23-82-53-48(77)44(73)39(68)30(21-63)85-53)25-15-17-59(6)33-12-10-26-27(61(33,8)34(65)19-60(25,59)7)11-14-35(57(26,2)3)88-54-49(78)42(71)37(66)28(83-54)16-18-81-52-47(76)43(72)38(67)29(20-62)84-52/h10,24-25,27-56,62-80H,9,11-23H2,1-8H3/t24-,25?,27?,28-,29-,30-,31-,32-,33?,34-,35+,36-,37-,38-,39-,40-,41-,42+,43+,44+,45+,46+,47-,48-,49-,50-,51-,52-,53+,54+,55+,56+,59+,60-,61+/m1/s1. The lowest BCUT2D eigenvalue weighted by Gasteiger charge is -2.67. The maximum Gasteiger partial charge on any atom is 0.187 e. The summed E-state index contributed by atoms with van der Waals surface area (Å²) in [5.41, 5.74) is -2.41. The molecule has 35 atom stereocenters. The van der Waals surface area contributed by atoms with Crippen LogP contribution >= 0.6 is 0 Å². The van der Waals surface area contributed by atoms with Crippen LogP contribution < -0.4 is 0 Å². The third-order valence-corrected chi connectivity index (χ3v) is 23.1. The summed E-state index contributed by atoms with van der Waals surface area (Å²) in [6, 6.07) is 0. The number of rotatable bonds is 21. The zero-order valence-corrected chi connectivity index (χ0v) is 52.5. The van der Waals surface area contributed by atoms with Crippen molar-refractivity contribution in [2.45, 2.75) is 291 Å². The van der Waals surface area contributed by atoms with Crippen LogP contribution in [0.25, 0.3) is 0 Å². The number of hydrogen-bond donors (Lipinski definition) is 19. The first-order valence-corrected chi connectivity index (χ1v) is 32.1. The van der Waals surface area contributed by atoms with E-state index >= 15 is 0 Å². The summed E-state index contributed by atoms with van der Waals surface area (Å²) < 4.78 is 59.5. The van der Waals surface area contributed by atoms with Crippen molar-refractivity contribution in [1.82, 2.24) is 0 Å². The van der Waals surface area contributed by atoms with E-state index in [4.69, 9.17) is 47.4 Å². The summed E-state index contributed by atoms with van der Waals surface area (Å²) in [6.07, 6.45) is -36.4. The molecule has 5 saturated heterocycles. The summed E-state index contributed by atoms with van der Waals surface area (Å²) in [6.45, 7) is 13.0. The molecule has 0 aromatic rings. The molecule has 0 aromatic carbocycles. The van der Waals surface area contributed by atoms with E-state index in [1.807, 2.05) is 0 Å². The molecule has 9 aliphatic rings. The minimum absolute atomic E-state index is 0.0323. The maximum atomic E-state index is 12.8. The highest BCUT2D eigenvalue weighted by Crippen LogP contribution is 2.75. The summed E-state index contributed by atoms with van der Waals surface area (Å²) >= 11 is 0. The molecule has 0 amide bonds. The van der Waals surface area contributed by atoms with Gasteiger partial charge in [-0.2, -0.15) is 0 Å². The molecule has 4 aliphatic carbocycles. The fraction of sp³-hybridized carbons (Fsp3) is 0.967. The minimum atomic E-state index is -1.96. The van der Waals surface area contributed by atoms with Crippen LogP contribution in [0.5, 0.6) is 0 Å². The van der Waals surface area contributed by atoms with E-state index < -0.39 is 215 Å². The Bertz CT molecular complexity index is 2360. The first kappa shape index (κ1) is 72.8. The molecule has 5 aliphatic heterocycles. The average Bonchev–Trinajstić information content (AvgIpc) is 1.28. The van der Waals surface area contributed by atoms with Crippen LogP contribution in [0.15, 0.2) is 11.6 Å². The number of allylic oxidation sites excluding steroid dienone is 1. The number of hydrogen-bond acceptors (Lipinski definition) is 29. The van der Waals surface area contributed by atoms with Gasteiger partial charge in [0.15, 0.2) is 31.5 Å². The smallest absolute Gasteiger partial charge is 0.187 e. The van der Waals surface area contributed by atoms with Crippen LogP contribution in [0.2, 0.25) is 0 Å². The largest absolute Gasteiger partial charge is 0.394 e. The van der Waals surface area contributed by atoms with E-state index in [0.29, 0.717) is 32.1 Å². The van der Waals surface area contributed by atoms with Crippen LogP contribution in [-0.2, 0) is 47.4 Å². The second kappa shape index (κ2) is 28.2. The molecule has 3 unspecified atom stereocenters. The Kier molecular flexibility index (Phi) is 22.8. The van der Waals surface area contributed by atoms with Crippen LogP contribution in [0, 0.1) is 45.3 Å². The first-order chi connectivity index (χ1) is 42.1. The Morgan fingerprint density at radius 2 is 1.01 bits per heavy atom. The number of aliphatic hydroxyl groups is 19. The van der Waals surface area contributed by atoms with Crippen molar-refractivity contribution < 1.29 is 144 Å². The molecule has 90 heavy (non-hydrogen) atoms. The summed E-state index contributed by atoms with van der Waals surface area (Å²) in [4.78, 5) is 0. The Morgan fingerprint density at radius 1 is 0.533 bits per heavy atom. The monoisotopic (exact) mass is 1300 g/mol. The summed E-state index contributed by atoms with van der Waals surface area (Å²) in [5.74, 6) is 0.0212. The van der Waals surface area contributed by atoms with Crippen LogP contribution in [-0.4, -0.2) is 308 Å². The predicted octanol–water partition coefficient (Wildman–Crippen LogP) is -5.02. The van der Waals surface area contributed by atoms with Crippen molar-refractivity contribution in [3.05, 3.63) is 11.6 Å². The molecule has 9 rings (SSSR count). The van der Waals surface area contributed by atoms with Gasteiger partial charge in [-0.15, -0.1) is 0 Å². The van der Waals surface area contributed by atoms with Crippen molar-refractivity contribution in [2.75, 3.05) is 33.0 Å².